The van der Waals surface area contributed by atoms with Gasteiger partial charge in [0.1, 0.15) is 0 Å². The van der Waals surface area contributed by atoms with E-state index < -0.39 is 11.0 Å². The average Bonchev–Trinajstić information content (AvgIpc) is 2.58. The van der Waals surface area contributed by atoms with Crippen LogP contribution in [-0.2, 0) is 15.2 Å². The van der Waals surface area contributed by atoms with E-state index in [0.29, 0.717) is 0 Å². The SMILES string of the molecule is CCC(CO[SH](=O)=O)c1ccsc1.[NaH]. The summed E-state index contributed by atoms with van der Waals surface area (Å²) in [6, 6.07) is 2.00. The molecule has 1 atom stereocenters. The van der Waals surface area contributed by atoms with Gasteiger partial charge in [0.25, 0.3) is 11.0 Å². The van der Waals surface area contributed by atoms with Crippen LogP contribution in [0.2, 0.25) is 0 Å². The first-order valence-electron chi connectivity index (χ1n) is 4.03. The van der Waals surface area contributed by atoms with Crippen LogP contribution in [0.1, 0.15) is 24.8 Å². The second-order valence-electron chi connectivity index (χ2n) is 2.68. The average molecular weight is 244 g/mol. The van der Waals surface area contributed by atoms with Gasteiger partial charge in [-0.05, 0) is 28.8 Å². The minimum absolute atomic E-state index is 0. The van der Waals surface area contributed by atoms with E-state index in [2.05, 4.69) is 4.18 Å². The zero-order chi connectivity index (χ0) is 9.68. The van der Waals surface area contributed by atoms with Gasteiger partial charge in [-0.2, -0.15) is 11.3 Å². The van der Waals surface area contributed by atoms with Crippen LogP contribution in [0.15, 0.2) is 16.8 Å². The first-order chi connectivity index (χ1) is 6.24. The van der Waals surface area contributed by atoms with E-state index in [1.54, 1.807) is 11.3 Å². The molecule has 0 spiro atoms. The molecule has 0 amide bonds. The minimum atomic E-state index is -2.71. The standard InChI is InChI=1S/C8H12O3S2.Na.H/c1-2-7(5-11-13(9)10)8-3-4-12-6-8;;/h3-4,6-7,13H,2,5H2,1H3;;. The predicted octanol–water partition coefficient (Wildman–Crippen LogP) is 1.14. The van der Waals surface area contributed by atoms with Crippen LogP contribution in [-0.4, -0.2) is 44.6 Å². The van der Waals surface area contributed by atoms with Gasteiger partial charge in [-0.15, -0.1) is 0 Å². The third kappa shape index (κ3) is 4.91. The van der Waals surface area contributed by atoms with Crippen molar-refractivity contribution in [2.45, 2.75) is 19.3 Å². The molecule has 1 aromatic heterocycles. The third-order valence-corrected chi connectivity index (χ3v) is 2.95. The first kappa shape index (κ1) is 14.6. The van der Waals surface area contributed by atoms with Gasteiger partial charge >= 0.3 is 29.6 Å². The zero-order valence-electron chi connectivity index (χ0n) is 7.30. The Morgan fingerprint density at radius 2 is 2.29 bits per heavy atom. The van der Waals surface area contributed by atoms with Gasteiger partial charge < -0.3 is 0 Å². The van der Waals surface area contributed by atoms with E-state index in [1.807, 2.05) is 23.8 Å². The molecule has 0 aliphatic heterocycles. The van der Waals surface area contributed by atoms with Crippen LogP contribution in [0.3, 0.4) is 0 Å². The van der Waals surface area contributed by atoms with E-state index in [4.69, 9.17) is 0 Å². The van der Waals surface area contributed by atoms with Gasteiger partial charge in [-0.1, -0.05) is 6.92 Å². The summed E-state index contributed by atoms with van der Waals surface area (Å²) in [5, 5.41) is 4.00. The predicted molar refractivity (Wildman–Crippen MR) is 60.8 cm³/mol. The van der Waals surface area contributed by atoms with E-state index in [-0.39, 0.29) is 42.1 Å². The number of thiophene rings is 1. The summed E-state index contributed by atoms with van der Waals surface area (Å²) in [6.45, 7) is 2.27. The maximum atomic E-state index is 10.2. The molecule has 1 rings (SSSR count). The summed E-state index contributed by atoms with van der Waals surface area (Å²) in [7, 11) is -2.71. The van der Waals surface area contributed by atoms with Crippen molar-refractivity contribution in [1.82, 2.24) is 0 Å². The Balaban J connectivity index is 0.00000169. The maximum absolute atomic E-state index is 10.2. The molecular weight excluding hydrogens is 231 g/mol. The quantitative estimate of drug-likeness (QED) is 0.624. The van der Waals surface area contributed by atoms with Crippen molar-refractivity contribution in [1.29, 1.82) is 0 Å². The van der Waals surface area contributed by atoms with Gasteiger partial charge in [0.05, 0.1) is 6.61 Å². The Kier molecular flexibility index (Phi) is 8.19. The fourth-order valence-corrected chi connectivity index (χ4v) is 2.15. The van der Waals surface area contributed by atoms with Gasteiger partial charge in [0.2, 0.25) is 0 Å². The van der Waals surface area contributed by atoms with Crippen LogP contribution in [0.4, 0.5) is 0 Å². The van der Waals surface area contributed by atoms with Crippen molar-refractivity contribution in [2.24, 2.45) is 0 Å². The van der Waals surface area contributed by atoms with Crippen molar-refractivity contribution in [3.63, 3.8) is 0 Å². The van der Waals surface area contributed by atoms with Crippen LogP contribution < -0.4 is 0 Å². The molecule has 0 bridgehead atoms. The summed E-state index contributed by atoms with van der Waals surface area (Å²) < 4.78 is 25.0. The van der Waals surface area contributed by atoms with E-state index in [9.17, 15) is 8.42 Å². The van der Waals surface area contributed by atoms with Gasteiger partial charge in [0.15, 0.2) is 0 Å². The summed E-state index contributed by atoms with van der Waals surface area (Å²) >= 11 is 1.61. The normalized spacial score (nSPS) is 12.4. The number of rotatable bonds is 5. The van der Waals surface area contributed by atoms with Gasteiger partial charge in [0, 0.05) is 5.92 Å². The van der Waals surface area contributed by atoms with E-state index >= 15 is 0 Å². The molecule has 1 aromatic rings. The van der Waals surface area contributed by atoms with Crippen LogP contribution in [0, 0.1) is 0 Å². The van der Waals surface area contributed by atoms with Crippen LogP contribution in [0.5, 0.6) is 0 Å². The van der Waals surface area contributed by atoms with Crippen molar-refractivity contribution in [2.75, 3.05) is 6.61 Å². The van der Waals surface area contributed by atoms with Crippen molar-refractivity contribution >= 4 is 51.9 Å². The fraction of sp³-hybridized carbons (Fsp3) is 0.500. The molecule has 0 radical (unpaired) electrons. The summed E-state index contributed by atoms with van der Waals surface area (Å²) in [4.78, 5) is 0. The molecule has 0 N–H and O–H groups in total. The zero-order valence-corrected chi connectivity index (χ0v) is 9.01. The molecule has 0 aliphatic carbocycles. The Morgan fingerprint density at radius 1 is 1.57 bits per heavy atom. The first-order valence-corrected chi connectivity index (χ1v) is 6.07. The molecule has 76 valence electrons. The van der Waals surface area contributed by atoms with E-state index in [0.717, 1.165) is 12.0 Å². The van der Waals surface area contributed by atoms with Crippen molar-refractivity contribution in [3.05, 3.63) is 22.4 Å². The fourth-order valence-electron chi connectivity index (χ4n) is 1.11. The molecule has 1 heterocycles. The molecular formula is C8H13NaO3S2. The summed E-state index contributed by atoms with van der Waals surface area (Å²) in [6.07, 6.45) is 0.889. The molecule has 1 unspecified atom stereocenters. The van der Waals surface area contributed by atoms with Gasteiger partial charge in [-0.25, -0.2) is 8.42 Å². The van der Waals surface area contributed by atoms with Crippen LogP contribution in [0.25, 0.3) is 0 Å². The number of thiol groups is 1. The monoisotopic (exact) mass is 244 g/mol. The van der Waals surface area contributed by atoms with Crippen molar-refractivity contribution in [3.8, 4) is 0 Å². The Morgan fingerprint density at radius 3 is 2.71 bits per heavy atom. The molecule has 0 fully saturated rings. The summed E-state index contributed by atoms with van der Waals surface area (Å²) in [5.41, 5.74) is 1.16. The Labute approximate surface area is 112 Å². The molecule has 0 aliphatic rings. The Bertz CT molecular complexity index is 300. The molecule has 6 heteroatoms. The topological polar surface area (TPSA) is 43.4 Å². The number of hydrogen-bond donors (Lipinski definition) is 1. The number of hydrogen-bond acceptors (Lipinski definition) is 4. The van der Waals surface area contributed by atoms with Crippen LogP contribution >= 0.6 is 11.3 Å². The molecule has 0 aromatic carbocycles. The van der Waals surface area contributed by atoms with Crippen molar-refractivity contribution < 1.29 is 12.6 Å². The van der Waals surface area contributed by atoms with Gasteiger partial charge in [-0.3, -0.25) is 4.18 Å². The second-order valence-corrected chi connectivity index (χ2v) is 4.17. The second kappa shape index (κ2) is 7.84. The summed E-state index contributed by atoms with van der Waals surface area (Å²) in [5.74, 6) is 0.194. The molecule has 3 nitrogen and oxygen atoms in total. The third-order valence-electron chi connectivity index (χ3n) is 1.89. The molecule has 0 saturated carbocycles. The molecule has 14 heavy (non-hydrogen) atoms. The Hall–Kier alpha value is 0.610. The molecule has 0 saturated heterocycles. The van der Waals surface area contributed by atoms with E-state index in [1.165, 1.54) is 0 Å².